The third kappa shape index (κ3) is 1.82. The number of imidazole rings is 1. The molecule has 0 bridgehead atoms. The summed E-state index contributed by atoms with van der Waals surface area (Å²) in [6.07, 6.45) is 1.53. The SMILES string of the molecule is C=N/C=C(\N=C)c1ccc2[nH]c(=O)n(C)c2c1. The van der Waals surface area contributed by atoms with Crippen molar-refractivity contribution in [3.63, 3.8) is 0 Å². The number of nitrogens with zero attached hydrogens (tertiary/aromatic N) is 3. The van der Waals surface area contributed by atoms with Gasteiger partial charge in [-0.25, -0.2) is 4.79 Å². The lowest BCUT2D eigenvalue weighted by Gasteiger charge is -2.01. The molecule has 0 radical (unpaired) electrons. The largest absolute Gasteiger partial charge is 0.326 e. The van der Waals surface area contributed by atoms with Gasteiger partial charge in [-0.05, 0) is 25.6 Å². The lowest BCUT2D eigenvalue weighted by molar-refractivity contribution is 0.891. The lowest BCUT2D eigenvalue weighted by Crippen LogP contribution is -2.11. The maximum absolute atomic E-state index is 11.4. The molecule has 5 heteroatoms. The zero-order valence-corrected chi connectivity index (χ0v) is 9.47. The van der Waals surface area contributed by atoms with E-state index in [9.17, 15) is 4.79 Å². The zero-order valence-electron chi connectivity index (χ0n) is 9.47. The van der Waals surface area contributed by atoms with Gasteiger partial charge in [0.05, 0.1) is 22.9 Å². The van der Waals surface area contributed by atoms with Crippen LogP contribution in [0.4, 0.5) is 0 Å². The van der Waals surface area contributed by atoms with Gasteiger partial charge in [0, 0.05) is 12.6 Å². The number of aliphatic imine (C=N–C) groups is 2. The number of fused-ring (bicyclic) bond motifs is 1. The highest BCUT2D eigenvalue weighted by molar-refractivity contribution is 5.81. The molecule has 17 heavy (non-hydrogen) atoms. The molecule has 1 aromatic heterocycles. The summed E-state index contributed by atoms with van der Waals surface area (Å²) < 4.78 is 1.54. The summed E-state index contributed by atoms with van der Waals surface area (Å²) in [6, 6.07) is 5.54. The van der Waals surface area contributed by atoms with E-state index in [1.54, 1.807) is 11.6 Å². The van der Waals surface area contributed by atoms with Crippen molar-refractivity contribution in [1.29, 1.82) is 0 Å². The van der Waals surface area contributed by atoms with Gasteiger partial charge in [0.2, 0.25) is 0 Å². The molecule has 0 saturated heterocycles. The third-order valence-electron chi connectivity index (χ3n) is 2.59. The van der Waals surface area contributed by atoms with E-state index in [1.807, 2.05) is 18.2 Å². The van der Waals surface area contributed by atoms with Gasteiger partial charge < -0.3 is 4.98 Å². The number of nitrogens with one attached hydrogen (secondary N) is 1. The van der Waals surface area contributed by atoms with Gasteiger partial charge >= 0.3 is 5.69 Å². The van der Waals surface area contributed by atoms with Crippen LogP contribution in [0.2, 0.25) is 0 Å². The Kier molecular flexibility index (Phi) is 2.74. The van der Waals surface area contributed by atoms with Crippen molar-refractivity contribution in [3.8, 4) is 0 Å². The molecule has 1 N–H and O–H groups in total. The van der Waals surface area contributed by atoms with E-state index in [0.29, 0.717) is 5.70 Å². The molecule has 2 aromatic rings. The number of hydrogen-bond acceptors (Lipinski definition) is 3. The van der Waals surface area contributed by atoms with E-state index in [-0.39, 0.29) is 5.69 Å². The molecule has 0 saturated carbocycles. The molecule has 1 aromatic carbocycles. The second-order valence-corrected chi connectivity index (χ2v) is 3.58. The Morgan fingerprint density at radius 1 is 1.47 bits per heavy atom. The Balaban J connectivity index is 2.69. The normalized spacial score (nSPS) is 11.7. The fourth-order valence-electron chi connectivity index (χ4n) is 1.68. The van der Waals surface area contributed by atoms with Crippen LogP contribution in [-0.2, 0) is 7.05 Å². The number of aryl methyl sites for hydroxylation is 1. The molecule has 0 atom stereocenters. The van der Waals surface area contributed by atoms with Gasteiger partial charge in [-0.1, -0.05) is 6.07 Å². The maximum Gasteiger partial charge on any atom is 0.326 e. The van der Waals surface area contributed by atoms with Gasteiger partial charge in [0.1, 0.15) is 0 Å². The molecule has 0 aliphatic heterocycles. The highest BCUT2D eigenvalue weighted by atomic mass is 16.1. The van der Waals surface area contributed by atoms with Crippen molar-refractivity contribution in [2.75, 3.05) is 0 Å². The molecule has 0 spiro atoms. The lowest BCUT2D eigenvalue weighted by atomic mass is 10.1. The first-order chi connectivity index (χ1) is 8.17. The Labute approximate surface area is 97.8 Å². The summed E-state index contributed by atoms with van der Waals surface area (Å²) in [4.78, 5) is 21.7. The average molecular weight is 228 g/mol. The molecule has 0 unspecified atom stereocenters. The van der Waals surface area contributed by atoms with E-state index in [1.165, 1.54) is 6.20 Å². The second-order valence-electron chi connectivity index (χ2n) is 3.58. The van der Waals surface area contributed by atoms with Gasteiger partial charge in [-0.15, -0.1) is 0 Å². The first-order valence-corrected chi connectivity index (χ1v) is 4.99. The Morgan fingerprint density at radius 2 is 2.24 bits per heavy atom. The second kappa shape index (κ2) is 4.21. The smallest absolute Gasteiger partial charge is 0.306 e. The summed E-state index contributed by atoms with van der Waals surface area (Å²) in [5, 5.41) is 0. The van der Waals surface area contributed by atoms with Crippen molar-refractivity contribution in [3.05, 3.63) is 40.4 Å². The van der Waals surface area contributed by atoms with E-state index < -0.39 is 0 Å². The van der Waals surface area contributed by atoms with Crippen LogP contribution >= 0.6 is 0 Å². The minimum Gasteiger partial charge on any atom is -0.306 e. The van der Waals surface area contributed by atoms with E-state index in [4.69, 9.17) is 0 Å². The van der Waals surface area contributed by atoms with Crippen LogP contribution in [0, 0.1) is 0 Å². The molecule has 0 aliphatic carbocycles. The highest BCUT2D eigenvalue weighted by Crippen LogP contribution is 2.19. The first kappa shape index (κ1) is 11.1. The summed E-state index contributed by atoms with van der Waals surface area (Å²) in [7, 11) is 1.71. The fourth-order valence-corrected chi connectivity index (χ4v) is 1.68. The highest BCUT2D eigenvalue weighted by Gasteiger charge is 2.05. The molecular weight excluding hydrogens is 216 g/mol. The van der Waals surface area contributed by atoms with Gasteiger partial charge in [0.25, 0.3) is 0 Å². The van der Waals surface area contributed by atoms with Gasteiger partial charge in [0.15, 0.2) is 0 Å². The number of benzene rings is 1. The van der Waals surface area contributed by atoms with Crippen molar-refractivity contribution in [2.24, 2.45) is 17.0 Å². The number of aromatic nitrogens is 2. The van der Waals surface area contributed by atoms with E-state index in [2.05, 4.69) is 28.4 Å². The summed E-state index contributed by atoms with van der Waals surface area (Å²) in [6.45, 7) is 6.86. The molecule has 0 aliphatic rings. The Bertz CT molecular complexity index is 675. The van der Waals surface area contributed by atoms with Crippen LogP contribution in [0.3, 0.4) is 0 Å². The van der Waals surface area contributed by atoms with Crippen LogP contribution < -0.4 is 5.69 Å². The predicted molar refractivity (Wildman–Crippen MR) is 70.6 cm³/mol. The molecule has 1 heterocycles. The molecule has 5 nitrogen and oxygen atoms in total. The van der Waals surface area contributed by atoms with E-state index >= 15 is 0 Å². The Hall–Kier alpha value is -2.43. The topological polar surface area (TPSA) is 62.5 Å². The quantitative estimate of drug-likeness (QED) is 0.796. The van der Waals surface area contributed by atoms with Crippen LogP contribution in [0.15, 0.2) is 39.2 Å². The van der Waals surface area contributed by atoms with Crippen molar-refractivity contribution in [1.82, 2.24) is 9.55 Å². The third-order valence-corrected chi connectivity index (χ3v) is 2.59. The Morgan fingerprint density at radius 3 is 2.88 bits per heavy atom. The summed E-state index contributed by atoms with van der Waals surface area (Å²) in [5.41, 5.74) is 2.92. The van der Waals surface area contributed by atoms with Crippen LogP contribution in [-0.4, -0.2) is 23.0 Å². The van der Waals surface area contributed by atoms with Crippen LogP contribution in [0.1, 0.15) is 5.56 Å². The van der Waals surface area contributed by atoms with Gasteiger partial charge in [-0.2, -0.15) is 0 Å². The number of rotatable bonds is 3. The maximum atomic E-state index is 11.4. The summed E-state index contributed by atoms with van der Waals surface area (Å²) >= 11 is 0. The number of H-pyrrole nitrogens is 1. The van der Waals surface area contributed by atoms with Crippen LogP contribution in [0.5, 0.6) is 0 Å². The average Bonchev–Trinajstić information content (AvgIpc) is 2.62. The van der Waals surface area contributed by atoms with Gasteiger partial charge in [-0.3, -0.25) is 14.6 Å². The zero-order chi connectivity index (χ0) is 12.4. The molecular formula is C12H12N4O. The van der Waals surface area contributed by atoms with Crippen molar-refractivity contribution < 1.29 is 0 Å². The molecule has 86 valence electrons. The minimum absolute atomic E-state index is 0.143. The van der Waals surface area contributed by atoms with E-state index in [0.717, 1.165) is 16.6 Å². The fraction of sp³-hybridized carbons (Fsp3) is 0.0833. The van der Waals surface area contributed by atoms with Crippen molar-refractivity contribution in [2.45, 2.75) is 0 Å². The molecule has 0 amide bonds. The number of hydrogen-bond donors (Lipinski definition) is 1. The predicted octanol–water partition coefficient (Wildman–Crippen LogP) is 1.57. The number of aromatic amines is 1. The standard InChI is InChI=1S/C12H12N4O/c1-13-7-10(14-2)8-4-5-9-11(6-8)16(3)12(17)15-9/h4-7H,1-2H2,3H3,(H,15,17)/b10-7-. The van der Waals surface area contributed by atoms with Crippen molar-refractivity contribution >= 4 is 30.2 Å². The minimum atomic E-state index is -0.143. The first-order valence-electron chi connectivity index (χ1n) is 4.99. The molecule has 2 rings (SSSR count). The van der Waals surface area contributed by atoms with Crippen LogP contribution in [0.25, 0.3) is 16.7 Å². The summed E-state index contributed by atoms with van der Waals surface area (Å²) in [5.74, 6) is 0. The molecule has 0 fully saturated rings. The monoisotopic (exact) mass is 228 g/mol.